The van der Waals surface area contributed by atoms with Gasteiger partial charge in [0.2, 0.25) is 5.76 Å². The van der Waals surface area contributed by atoms with Gasteiger partial charge in [0.15, 0.2) is 5.89 Å². The van der Waals surface area contributed by atoms with Crippen molar-refractivity contribution < 1.29 is 9.21 Å². The zero-order valence-electron chi connectivity index (χ0n) is 19.7. The molecule has 1 saturated heterocycles. The molecular formula is C26H31N5O2. The average Bonchev–Trinajstić information content (AvgIpc) is 3.17. The fourth-order valence-electron chi connectivity index (χ4n) is 5.09. The topological polar surface area (TPSA) is 75.4 Å². The van der Waals surface area contributed by atoms with Crippen LogP contribution in [0.25, 0.3) is 0 Å². The normalized spacial score (nSPS) is 18.3. The van der Waals surface area contributed by atoms with Crippen molar-refractivity contribution in [3.63, 3.8) is 0 Å². The first-order chi connectivity index (χ1) is 16.0. The maximum absolute atomic E-state index is 13.1. The number of piperidine rings is 1. The van der Waals surface area contributed by atoms with E-state index in [1.54, 1.807) is 6.92 Å². The summed E-state index contributed by atoms with van der Waals surface area (Å²) >= 11 is 0. The number of oxazole rings is 1. The van der Waals surface area contributed by atoms with Crippen LogP contribution in [-0.4, -0.2) is 45.4 Å². The number of hydrogen-bond acceptors (Lipinski definition) is 6. The Bertz CT molecular complexity index is 1160. The quantitative estimate of drug-likeness (QED) is 0.594. The first-order valence-electron chi connectivity index (χ1n) is 11.9. The fourth-order valence-corrected chi connectivity index (χ4v) is 5.09. The van der Waals surface area contributed by atoms with E-state index < -0.39 is 0 Å². The molecule has 7 nitrogen and oxygen atoms in total. The first kappa shape index (κ1) is 21.6. The summed E-state index contributed by atoms with van der Waals surface area (Å²) in [7, 11) is 0. The summed E-state index contributed by atoms with van der Waals surface area (Å²) < 4.78 is 5.59. The number of fused-ring (bicyclic) bond motifs is 1. The van der Waals surface area contributed by atoms with Crippen LogP contribution in [0.2, 0.25) is 0 Å². The second kappa shape index (κ2) is 8.96. The molecule has 0 saturated carbocycles. The molecule has 5 rings (SSSR count). The number of carbonyl (C=O) groups excluding carboxylic acids is 1. The lowest BCUT2D eigenvalue weighted by molar-refractivity contribution is 0.0670. The Morgan fingerprint density at radius 1 is 1.03 bits per heavy atom. The third-order valence-electron chi connectivity index (χ3n) is 6.75. The maximum Gasteiger partial charge on any atom is 0.291 e. The van der Waals surface area contributed by atoms with E-state index in [2.05, 4.69) is 47.1 Å². The van der Waals surface area contributed by atoms with Gasteiger partial charge in [-0.15, -0.1) is 0 Å². The molecule has 2 aliphatic heterocycles. The SMILES string of the molecule is Cc1nc(C)c(C(=O)N2CCCC(c3nc(C)c4c(n3)N(Cc3ccccc3)CCC4)C2)o1. The van der Waals surface area contributed by atoms with E-state index in [0.717, 1.165) is 62.7 Å². The summed E-state index contributed by atoms with van der Waals surface area (Å²) in [4.78, 5) is 31.7. The molecule has 1 unspecified atom stereocenters. The zero-order chi connectivity index (χ0) is 22.9. The molecule has 2 aliphatic rings. The van der Waals surface area contributed by atoms with E-state index >= 15 is 0 Å². The number of benzene rings is 1. The van der Waals surface area contributed by atoms with Gasteiger partial charge < -0.3 is 14.2 Å². The number of hydrogen-bond donors (Lipinski definition) is 0. The molecule has 33 heavy (non-hydrogen) atoms. The van der Waals surface area contributed by atoms with Crippen molar-refractivity contribution in [2.24, 2.45) is 0 Å². The van der Waals surface area contributed by atoms with Crippen molar-refractivity contribution >= 4 is 11.7 Å². The lowest BCUT2D eigenvalue weighted by atomic mass is 9.95. The Labute approximate surface area is 194 Å². The number of nitrogens with zero attached hydrogens (tertiary/aromatic N) is 5. The van der Waals surface area contributed by atoms with Gasteiger partial charge in [0, 0.05) is 50.3 Å². The van der Waals surface area contributed by atoms with Crippen LogP contribution in [0.5, 0.6) is 0 Å². The van der Waals surface area contributed by atoms with Crippen LogP contribution in [0.3, 0.4) is 0 Å². The lowest BCUT2D eigenvalue weighted by Crippen LogP contribution is -2.40. The third-order valence-corrected chi connectivity index (χ3v) is 6.75. The van der Waals surface area contributed by atoms with Crippen molar-refractivity contribution in [2.45, 2.75) is 58.9 Å². The monoisotopic (exact) mass is 445 g/mol. The molecule has 3 aromatic rings. The van der Waals surface area contributed by atoms with E-state index in [-0.39, 0.29) is 11.8 Å². The summed E-state index contributed by atoms with van der Waals surface area (Å²) in [5.41, 5.74) is 4.27. The highest BCUT2D eigenvalue weighted by molar-refractivity contribution is 5.92. The minimum Gasteiger partial charge on any atom is -0.436 e. The fraction of sp³-hybridized carbons (Fsp3) is 0.462. The smallest absolute Gasteiger partial charge is 0.291 e. The number of aromatic nitrogens is 3. The van der Waals surface area contributed by atoms with Gasteiger partial charge in [-0.2, -0.15) is 0 Å². The molecule has 1 fully saturated rings. The van der Waals surface area contributed by atoms with Gasteiger partial charge >= 0.3 is 0 Å². The van der Waals surface area contributed by atoms with E-state index in [0.29, 0.717) is 23.9 Å². The summed E-state index contributed by atoms with van der Waals surface area (Å²) in [6, 6.07) is 10.6. The van der Waals surface area contributed by atoms with E-state index in [1.165, 1.54) is 11.1 Å². The van der Waals surface area contributed by atoms with E-state index in [1.807, 2.05) is 11.8 Å². The molecule has 0 aliphatic carbocycles. The van der Waals surface area contributed by atoms with Crippen molar-refractivity contribution in [2.75, 3.05) is 24.5 Å². The summed E-state index contributed by atoms with van der Waals surface area (Å²) in [5.74, 6) is 2.84. The number of anilines is 1. The van der Waals surface area contributed by atoms with Crippen molar-refractivity contribution in [3.05, 3.63) is 70.3 Å². The Balaban J connectivity index is 1.40. The minimum atomic E-state index is -0.0850. The van der Waals surface area contributed by atoms with E-state index in [4.69, 9.17) is 14.4 Å². The van der Waals surface area contributed by atoms with Crippen molar-refractivity contribution in [1.29, 1.82) is 0 Å². The molecule has 172 valence electrons. The maximum atomic E-state index is 13.1. The number of likely N-dealkylation sites (tertiary alicyclic amines) is 1. The van der Waals surface area contributed by atoms with Crippen LogP contribution in [0.4, 0.5) is 5.82 Å². The summed E-state index contributed by atoms with van der Waals surface area (Å²) in [6.45, 7) is 8.87. The molecule has 4 heterocycles. The van der Waals surface area contributed by atoms with Crippen LogP contribution in [0.1, 0.15) is 70.0 Å². The highest BCUT2D eigenvalue weighted by Gasteiger charge is 2.31. The molecule has 1 amide bonds. The molecular weight excluding hydrogens is 414 g/mol. The number of amides is 1. The highest BCUT2D eigenvalue weighted by atomic mass is 16.4. The predicted molar refractivity (Wildman–Crippen MR) is 126 cm³/mol. The van der Waals surface area contributed by atoms with Crippen molar-refractivity contribution in [3.8, 4) is 0 Å². The van der Waals surface area contributed by atoms with E-state index in [9.17, 15) is 4.79 Å². The largest absolute Gasteiger partial charge is 0.436 e. The summed E-state index contributed by atoms with van der Waals surface area (Å²) in [6.07, 6.45) is 4.04. The van der Waals surface area contributed by atoms with Crippen LogP contribution in [0.15, 0.2) is 34.7 Å². The highest BCUT2D eigenvalue weighted by Crippen LogP contribution is 2.33. The summed E-state index contributed by atoms with van der Waals surface area (Å²) in [5, 5.41) is 0. The third kappa shape index (κ3) is 4.36. The van der Waals surface area contributed by atoms with Gasteiger partial charge in [-0.1, -0.05) is 30.3 Å². The first-order valence-corrected chi connectivity index (χ1v) is 11.9. The molecule has 0 radical (unpaired) electrons. The van der Waals surface area contributed by atoms with Gasteiger partial charge in [-0.25, -0.2) is 15.0 Å². The molecule has 1 aromatic carbocycles. The molecule has 0 N–H and O–H groups in total. The van der Waals surface area contributed by atoms with Crippen LogP contribution < -0.4 is 4.90 Å². The van der Waals surface area contributed by atoms with Crippen LogP contribution in [0, 0.1) is 20.8 Å². The molecule has 2 aromatic heterocycles. The van der Waals surface area contributed by atoms with Gasteiger partial charge in [0.05, 0.1) is 5.69 Å². The van der Waals surface area contributed by atoms with Gasteiger partial charge in [-0.3, -0.25) is 4.79 Å². The van der Waals surface area contributed by atoms with Gasteiger partial charge in [-0.05, 0) is 45.1 Å². The number of rotatable bonds is 4. The Morgan fingerprint density at radius 3 is 2.61 bits per heavy atom. The zero-order valence-corrected chi connectivity index (χ0v) is 19.7. The van der Waals surface area contributed by atoms with Crippen LogP contribution in [-0.2, 0) is 13.0 Å². The van der Waals surface area contributed by atoms with Gasteiger partial charge in [0.1, 0.15) is 11.6 Å². The van der Waals surface area contributed by atoms with Gasteiger partial charge in [0.25, 0.3) is 5.91 Å². The molecule has 0 bridgehead atoms. The Kier molecular flexibility index (Phi) is 5.87. The van der Waals surface area contributed by atoms with Crippen molar-refractivity contribution in [1.82, 2.24) is 19.9 Å². The number of aryl methyl sites for hydroxylation is 3. The van der Waals surface area contributed by atoms with Crippen LogP contribution >= 0.6 is 0 Å². The lowest BCUT2D eigenvalue weighted by Gasteiger charge is -2.34. The molecule has 1 atom stereocenters. The predicted octanol–water partition coefficient (Wildman–Crippen LogP) is 4.36. The number of carbonyl (C=O) groups is 1. The standard InChI is InChI=1S/C26H31N5O2/c1-17-22-12-8-13-30(15-20-9-5-4-6-10-20)25(22)29-24(28-17)21-11-7-14-31(16-21)26(32)23-18(2)27-19(3)33-23/h4-6,9-10,21H,7-8,11-16H2,1-3H3. The second-order valence-corrected chi connectivity index (χ2v) is 9.22. The Morgan fingerprint density at radius 2 is 1.85 bits per heavy atom. The second-order valence-electron chi connectivity index (χ2n) is 9.22. The molecule has 0 spiro atoms. The minimum absolute atomic E-state index is 0.0850. The Hall–Kier alpha value is -3.22. The average molecular weight is 446 g/mol. The molecule has 7 heteroatoms.